The van der Waals surface area contributed by atoms with Crippen LogP contribution in [0.2, 0.25) is 0 Å². The molecular formula is C14H19FN2O4S. The molecule has 22 heavy (non-hydrogen) atoms. The molecule has 0 bridgehead atoms. The number of piperidine rings is 1. The Hall–Kier alpha value is -1.67. The van der Waals surface area contributed by atoms with E-state index in [4.69, 9.17) is 4.74 Å². The molecule has 1 saturated heterocycles. The van der Waals surface area contributed by atoms with Gasteiger partial charge in [0.1, 0.15) is 5.82 Å². The molecule has 1 N–H and O–H groups in total. The van der Waals surface area contributed by atoms with E-state index in [1.165, 1.54) is 16.4 Å². The third-order valence-electron chi connectivity index (χ3n) is 3.43. The Morgan fingerprint density at radius 1 is 1.41 bits per heavy atom. The van der Waals surface area contributed by atoms with Gasteiger partial charge in [0.2, 0.25) is 10.0 Å². The lowest BCUT2D eigenvalue weighted by atomic mass is 10.1. The number of nitrogens with zero attached hydrogens (tertiary/aromatic N) is 1. The predicted octanol–water partition coefficient (Wildman–Crippen LogP) is 1.72. The maximum atomic E-state index is 12.9. The monoisotopic (exact) mass is 330 g/mol. The van der Waals surface area contributed by atoms with Crippen LogP contribution in [0.1, 0.15) is 19.8 Å². The number of hydrogen-bond acceptors (Lipinski definition) is 4. The number of hydrogen-bond donors (Lipinski definition) is 1. The number of benzene rings is 1. The minimum atomic E-state index is -3.69. The van der Waals surface area contributed by atoms with Crippen molar-refractivity contribution in [3.63, 3.8) is 0 Å². The van der Waals surface area contributed by atoms with Crippen LogP contribution in [-0.4, -0.2) is 44.6 Å². The van der Waals surface area contributed by atoms with Crippen LogP contribution in [0, 0.1) is 5.82 Å². The van der Waals surface area contributed by atoms with Crippen LogP contribution in [0.4, 0.5) is 9.18 Å². The highest BCUT2D eigenvalue weighted by atomic mass is 32.2. The van der Waals surface area contributed by atoms with Crippen molar-refractivity contribution in [2.24, 2.45) is 0 Å². The van der Waals surface area contributed by atoms with E-state index in [0.29, 0.717) is 19.4 Å². The number of nitrogens with one attached hydrogen (secondary N) is 1. The molecule has 1 fully saturated rings. The average molecular weight is 330 g/mol. The lowest BCUT2D eigenvalue weighted by molar-refractivity contribution is 0.142. The Morgan fingerprint density at radius 2 is 2.09 bits per heavy atom. The molecule has 0 aliphatic carbocycles. The van der Waals surface area contributed by atoms with Gasteiger partial charge in [-0.15, -0.1) is 0 Å². The molecule has 1 aromatic carbocycles. The average Bonchev–Trinajstić information content (AvgIpc) is 2.48. The topological polar surface area (TPSA) is 75.7 Å². The Bertz CT molecular complexity index is 618. The van der Waals surface area contributed by atoms with Crippen molar-refractivity contribution in [2.45, 2.75) is 30.7 Å². The number of alkyl carbamates (subject to hydrolysis) is 1. The van der Waals surface area contributed by atoms with E-state index >= 15 is 0 Å². The van der Waals surface area contributed by atoms with Gasteiger partial charge in [-0.3, -0.25) is 0 Å². The maximum absolute atomic E-state index is 12.9. The van der Waals surface area contributed by atoms with Gasteiger partial charge in [0.25, 0.3) is 0 Å². The summed E-state index contributed by atoms with van der Waals surface area (Å²) in [6.07, 6.45) is 0.777. The van der Waals surface area contributed by atoms with Crippen LogP contribution < -0.4 is 5.32 Å². The van der Waals surface area contributed by atoms with Gasteiger partial charge in [-0.1, -0.05) is 0 Å². The summed E-state index contributed by atoms with van der Waals surface area (Å²) in [5.41, 5.74) is 0. The summed E-state index contributed by atoms with van der Waals surface area (Å²) < 4.78 is 44.1. The highest BCUT2D eigenvalue weighted by Gasteiger charge is 2.31. The first-order valence-electron chi connectivity index (χ1n) is 7.12. The number of ether oxygens (including phenoxy) is 1. The van der Waals surface area contributed by atoms with Gasteiger partial charge < -0.3 is 10.1 Å². The Balaban J connectivity index is 2.07. The molecule has 1 atom stereocenters. The molecule has 1 amide bonds. The largest absolute Gasteiger partial charge is 0.450 e. The SMILES string of the molecule is CCOC(=O)N[C@@H]1CCCN(S(=O)(=O)c2ccc(F)cc2)C1. The van der Waals surface area contributed by atoms with Gasteiger partial charge in [-0.05, 0) is 44.0 Å². The first kappa shape index (κ1) is 16.7. The van der Waals surface area contributed by atoms with Crippen LogP contribution in [-0.2, 0) is 14.8 Å². The van der Waals surface area contributed by atoms with Gasteiger partial charge in [0.15, 0.2) is 0 Å². The summed E-state index contributed by atoms with van der Waals surface area (Å²) in [4.78, 5) is 11.5. The van der Waals surface area contributed by atoms with Gasteiger partial charge in [0, 0.05) is 19.1 Å². The third kappa shape index (κ3) is 3.95. The molecule has 8 heteroatoms. The van der Waals surface area contributed by atoms with Crippen molar-refractivity contribution in [1.29, 1.82) is 0 Å². The minimum Gasteiger partial charge on any atom is -0.450 e. The summed E-state index contributed by atoms with van der Waals surface area (Å²) in [6, 6.07) is 4.43. The molecule has 0 radical (unpaired) electrons. The fourth-order valence-electron chi connectivity index (χ4n) is 2.37. The molecule has 6 nitrogen and oxygen atoms in total. The van der Waals surface area contributed by atoms with Crippen LogP contribution in [0.3, 0.4) is 0 Å². The van der Waals surface area contributed by atoms with E-state index < -0.39 is 21.9 Å². The molecular weight excluding hydrogens is 311 g/mol. The second-order valence-electron chi connectivity index (χ2n) is 5.02. The van der Waals surface area contributed by atoms with Gasteiger partial charge in [-0.25, -0.2) is 17.6 Å². The number of sulfonamides is 1. The smallest absolute Gasteiger partial charge is 0.407 e. The lowest BCUT2D eigenvalue weighted by Crippen LogP contribution is -2.49. The van der Waals surface area contributed by atoms with Crippen LogP contribution in [0.25, 0.3) is 0 Å². The third-order valence-corrected chi connectivity index (χ3v) is 5.31. The van der Waals surface area contributed by atoms with E-state index in [2.05, 4.69) is 5.32 Å². The molecule has 1 aromatic rings. The molecule has 0 aromatic heterocycles. The Morgan fingerprint density at radius 3 is 2.73 bits per heavy atom. The first-order valence-corrected chi connectivity index (χ1v) is 8.56. The number of carbonyl (C=O) groups excluding carboxylic acids is 1. The highest BCUT2D eigenvalue weighted by Crippen LogP contribution is 2.21. The number of halogens is 1. The molecule has 0 spiro atoms. The van der Waals surface area contributed by atoms with Crippen LogP contribution in [0.15, 0.2) is 29.2 Å². The van der Waals surface area contributed by atoms with Crippen LogP contribution in [0.5, 0.6) is 0 Å². The zero-order chi connectivity index (χ0) is 16.2. The zero-order valence-corrected chi connectivity index (χ0v) is 13.1. The quantitative estimate of drug-likeness (QED) is 0.912. The second-order valence-corrected chi connectivity index (χ2v) is 6.96. The number of rotatable bonds is 4. The maximum Gasteiger partial charge on any atom is 0.407 e. The van der Waals surface area contributed by atoms with Crippen molar-refractivity contribution < 1.29 is 22.3 Å². The molecule has 1 aliphatic heterocycles. The fourth-order valence-corrected chi connectivity index (χ4v) is 3.90. The minimum absolute atomic E-state index is 0.0469. The van der Waals surface area contributed by atoms with Gasteiger partial charge >= 0.3 is 6.09 Å². The summed E-state index contributed by atoms with van der Waals surface area (Å²) in [5, 5.41) is 2.66. The summed E-state index contributed by atoms with van der Waals surface area (Å²) in [5.74, 6) is -0.487. The highest BCUT2D eigenvalue weighted by molar-refractivity contribution is 7.89. The van der Waals surface area contributed by atoms with E-state index in [0.717, 1.165) is 12.1 Å². The van der Waals surface area contributed by atoms with E-state index in [-0.39, 0.29) is 24.1 Å². The fraction of sp³-hybridized carbons (Fsp3) is 0.500. The van der Waals surface area contributed by atoms with Crippen molar-refractivity contribution in [3.8, 4) is 0 Å². The molecule has 1 heterocycles. The second kappa shape index (κ2) is 7.06. The molecule has 0 saturated carbocycles. The van der Waals surface area contributed by atoms with E-state index in [9.17, 15) is 17.6 Å². The van der Waals surface area contributed by atoms with Crippen molar-refractivity contribution in [3.05, 3.63) is 30.1 Å². The first-order chi connectivity index (χ1) is 10.4. The Labute approximate surface area is 129 Å². The van der Waals surface area contributed by atoms with E-state index in [1.54, 1.807) is 6.92 Å². The lowest BCUT2D eigenvalue weighted by Gasteiger charge is -2.32. The molecule has 0 unspecified atom stereocenters. The normalized spacial score (nSPS) is 19.6. The molecule has 1 aliphatic rings. The Kier molecular flexibility index (Phi) is 5.36. The molecule has 122 valence electrons. The predicted molar refractivity (Wildman–Crippen MR) is 78.3 cm³/mol. The van der Waals surface area contributed by atoms with Crippen molar-refractivity contribution in [1.82, 2.24) is 9.62 Å². The molecule has 2 rings (SSSR count). The van der Waals surface area contributed by atoms with Gasteiger partial charge in [-0.2, -0.15) is 4.31 Å². The number of amides is 1. The summed E-state index contributed by atoms with van der Waals surface area (Å²) in [6.45, 7) is 2.52. The van der Waals surface area contributed by atoms with Crippen molar-refractivity contribution in [2.75, 3.05) is 19.7 Å². The van der Waals surface area contributed by atoms with E-state index in [1.807, 2.05) is 0 Å². The van der Waals surface area contributed by atoms with Gasteiger partial charge in [0.05, 0.1) is 11.5 Å². The number of carbonyl (C=O) groups is 1. The summed E-state index contributed by atoms with van der Waals surface area (Å²) in [7, 11) is -3.69. The van der Waals surface area contributed by atoms with Crippen LogP contribution >= 0.6 is 0 Å². The van der Waals surface area contributed by atoms with Crippen molar-refractivity contribution >= 4 is 16.1 Å². The summed E-state index contributed by atoms with van der Waals surface area (Å²) >= 11 is 0. The zero-order valence-electron chi connectivity index (χ0n) is 12.3. The standard InChI is InChI=1S/C14H19FN2O4S/c1-2-21-14(18)16-12-4-3-9-17(10-12)22(19,20)13-7-5-11(15)6-8-13/h5-8,12H,2-4,9-10H2,1H3,(H,16,18)/t12-/m1/s1.